The molecule has 2 rings (SSSR count). The van der Waals surface area contributed by atoms with Gasteiger partial charge >= 0.3 is 0 Å². The summed E-state index contributed by atoms with van der Waals surface area (Å²) in [5.41, 5.74) is 7.11. The minimum absolute atomic E-state index is 0.557. The van der Waals surface area contributed by atoms with Gasteiger partial charge in [-0.2, -0.15) is 0 Å². The summed E-state index contributed by atoms with van der Waals surface area (Å²) >= 11 is 0. The minimum Gasteiger partial charge on any atom is -0.344 e. The predicted octanol–water partition coefficient (Wildman–Crippen LogP) is 4.11. The molecule has 0 fully saturated rings. The fraction of sp³-hybridized carbons (Fsp3) is 0.500. The molecule has 0 spiro atoms. The highest BCUT2D eigenvalue weighted by Gasteiger charge is 2.11. The highest BCUT2D eigenvalue weighted by Crippen LogP contribution is 2.25. The second-order valence-corrected chi connectivity index (χ2v) is 5.01. The molecule has 2 aromatic rings. The van der Waals surface area contributed by atoms with E-state index in [0.29, 0.717) is 6.04 Å². The van der Waals surface area contributed by atoms with Crippen molar-refractivity contribution in [3.05, 3.63) is 36.5 Å². The Balaban J connectivity index is 2.18. The highest BCUT2D eigenvalue weighted by molar-refractivity contribution is 5.80. The fourth-order valence-electron chi connectivity index (χ4n) is 2.67. The van der Waals surface area contributed by atoms with Crippen molar-refractivity contribution in [1.29, 1.82) is 0 Å². The van der Waals surface area contributed by atoms with Crippen molar-refractivity contribution in [1.82, 2.24) is 4.57 Å². The predicted molar refractivity (Wildman–Crippen MR) is 78.8 cm³/mol. The zero-order chi connectivity index (χ0) is 12.8. The lowest BCUT2D eigenvalue weighted by molar-refractivity contribution is 0.432. The van der Waals surface area contributed by atoms with Gasteiger partial charge in [0.05, 0.1) is 0 Å². The van der Waals surface area contributed by atoms with Crippen LogP contribution in [0.25, 0.3) is 10.9 Å². The number of fused-ring (bicyclic) bond motifs is 1. The number of aromatic nitrogens is 1. The zero-order valence-electron chi connectivity index (χ0n) is 11.3. The Morgan fingerprint density at radius 2 is 1.94 bits per heavy atom. The van der Waals surface area contributed by atoms with Crippen molar-refractivity contribution < 1.29 is 0 Å². The molecule has 0 aliphatic carbocycles. The van der Waals surface area contributed by atoms with Gasteiger partial charge in [0.25, 0.3) is 0 Å². The first-order valence-corrected chi connectivity index (χ1v) is 7.12. The molecule has 18 heavy (non-hydrogen) atoms. The molecule has 0 saturated carbocycles. The molecular formula is C16H24N2. The summed E-state index contributed by atoms with van der Waals surface area (Å²) in [6.07, 6.45) is 8.43. The zero-order valence-corrected chi connectivity index (χ0v) is 11.3. The first-order chi connectivity index (χ1) is 8.86. The molecule has 98 valence electrons. The molecule has 0 aliphatic rings. The van der Waals surface area contributed by atoms with Crippen molar-refractivity contribution >= 4 is 10.9 Å². The van der Waals surface area contributed by atoms with E-state index in [-0.39, 0.29) is 0 Å². The summed E-state index contributed by atoms with van der Waals surface area (Å²) in [6, 6.07) is 11.4. The Bertz CT molecular complexity index is 473. The highest BCUT2D eigenvalue weighted by atomic mass is 15.0. The molecule has 0 aliphatic heterocycles. The summed E-state index contributed by atoms with van der Waals surface area (Å²) in [7, 11) is 0. The third-order valence-electron chi connectivity index (χ3n) is 3.66. The lowest BCUT2D eigenvalue weighted by Gasteiger charge is -2.19. The van der Waals surface area contributed by atoms with Crippen LogP contribution in [0.2, 0.25) is 0 Å². The Morgan fingerprint density at radius 3 is 2.72 bits per heavy atom. The standard InChI is InChI=1S/C16H24N2/c1-2-3-4-8-15(10-12-17)18-13-11-14-7-5-6-9-16(14)18/h5-7,9,11,13,15H,2-4,8,10,12,17H2,1H3. The van der Waals surface area contributed by atoms with Gasteiger partial charge in [0, 0.05) is 17.8 Å². The first-order valence-electron chi connectivity index (χ1n) is 7.12. The molecule has 0 amide bonds. The Kier molecular flexibility index (Phi) is 4.82. The van der Waals surface area contributed by atoms with Crippen LogP contribution >= 0.6 is 0 Å². The average molecular weight is 244 g/mol. The van der Waals surface area contributed by atoms with E-state index >= 15 is 0 Å². The maximum Gasteiger partial charge on any atom is 0.0482 e. The number of benzene rings is 1. The summed E-state index contributed by atoms with van der Waals surface area (Å²) < 4.78 is 2.41. The fourth-order valence-corrected chi connectivity index (χ4v) is 2.67. The summed E-state index contributed by atoms with van der Waals surface area (Å²) in [5, 5.41) is 1.33. The van der Waals surface area contributed by atoms with Crippen LogP contribution in [0.15, 0.2) is 36.5 Å². The van der Waals surface area contributed by atoms with Crippen molar-refractivity contribution in [2.75, 3.05) is 6.54 Å². The number of unbranched alkanes of at least 4 members (excludes halogenated alkanes) is 2. The Morgan fingerprint density at radius 1 is 1.11 bits per heavy atom. The van der Waals surface area contributed by atoms with Gasteiger partial charge in [-0.25, -0.2) is 0 Å². The van der Waals surface area contributed by atoms with Gasteiger partial charge in [0.2, 0.25) is 0 Å². The molecular weight excluding hydrogens is 220 g/mol. The van der Waals surface area contributed by atoms with Gasteiger partial charge in [0.15, 0.2) is 0 Å². The molecule has 0 saturated heterocycles. The van der Waals surface area contributed by atoms with Gasteiger partial charge in [-0.15, -0.1) is 0 Å². The normalized spacial score (nSPS) is 13.0. The summed E-state index contributed by atoms with van der Waals surface area (Å²) in [6.45, 7) is 3.02. The van der Waals surface area contributed by atoms with Crippen molar-refractivity contribution in [3.8, 4) is 0 Å². The first kappa shape index (κ1) is 13.2. The Labute approximate surface area is 110 Å². The number of nitrogens with two attached hydrogens (primary N) is 1. The van der Waals surface area contributed by atoms with E-state index in [0.717, 1.165) is 13.0 Å². The van der Waals surface area contributed by atoms with Gasteiger partial charge < -0.3 is 10.3 Å². The third kappa shape index (κ3) is 2.94. The van der Waals surface area contributed by atoms with E-state index in [1.807, 2.05) is 0 Å². The number of nitrogens with zero attached hydrogens (tertiary/aromatic N) is 1. The summed E-state index contributed by atoms with van der Waals surface area (Å²) in [4.78, 5) is 0. The van der Waals surface area contributed by atoms with Crippen LogP contribution in [0, 0.1) is 0 Å². The smallest absolute Gasteiger partial charge is 0.0482 e. The summed E-state index contributed by atoms with van der Waals surface area (Å²) in [5.74, 6) is 0. The number of rotatable bonds is 7. The number of hydrogen-bond donors (Lipinski definition) is 1. The monoisotopic (exact) mass is 244 g/mol. The quantitative estimate of drug-likeness (QED) is 0.730. The van der Waals surface area contributed by atoms with Crippen molar-refractivity contribution in [2.24, 2.45) is 5.73 Å². The van der Waals surface area contributed by atoms with Gasteiger partial charge in [-0.3, -0.25) is 0 Å². The Hall–Kier alpha value is -1.28. The van der Waals surface area contributed by atoms with Crippen LogP contribution in [0.1, 0.15) is 45.1 Å². The largest absolute Gasteiger partial charge is 0.344 e. The second-order valence-electron chi connectivity index (χ2n) is 5.01. The maximum absolute atomic E-state index is 5.77. The SMILES string of the molecule is CCCCCC(CCN)n1ccc2ccccc21. The van der Waals surface area contributed by atoms with Gasteiger partial charge in [0.1, 0.15) is 0 Å². The molecule has 1 aromatic carbocycles. The topological polar surface area (TPSA) is 30.9 Å². The van der Waals surface area contributed by atoms with E-state index in [2.05, 4.69) is 48.0 Å². The molecule has 2 nitrogen and oxygen atoms in total. The molecule has 0 bridgehead atoms. The minimum atomic E-state index is 0.557. The maximum atomic E-state index is 5.77. The van der Waals surface area contributed by atoms with Crippen LogP contribution in [-0.2, 0) is 0 Å². The van der Waals surface area contributed by atoms with E-state index in [1.165, 1.54) is 36.6 Å². The second kappa shape index (κ2) is 6.60. The van der Waals surface area contributed by atoms with Gasteiger partial charge in [-0.05, 0) is 36.9 Å². The molecule has 2 N–H and O–H groups in total. The average Bonchev–Trinajstić information content (AvgIpc) is 2.82. The van der Waals surface area contributed by atoms with E-state index in [1.54, 1.807) is 0 Å². The van der Waals surface area contributed by atoms with Crippen LogP contribution in [0.5, 0.6) is 0 Å². The molecule has 1 heterocycles. The lowest BCUT2D eigenvalue weighted by atomic mass is 10.1. The van der Waals surface area contributed by atoms with Crippen LogP contribution in [-0.4, -0.2) is 11.1 Å². The van der Waals surface area contributed by atoms with E-state index < -0.39 is 0 Å². The molecule has 2 heteroatoms. The lowest BCUT2D eigenvalue weighted by Crippen LogP contribution is -2.13. The van der Waals surface area contributed by atoms with Crippen molar-refractivity contribution in [2.45, 2.75) is 45.1 Å². The molecule has 0 radical (unpaired) electrons. The van der Waals surface area contributed by atoms with E-state index in [9.17, 15) is 0 Å². The number of hydrogen-bond acceptors (Lipinski definition) is 1. The molecule has 1 atom stereocenters. The van der Waals surface area contributed by atoms with Crippen LogP contribution < -0.4 is 5.73 Å². The molecule has 1 aromatic heterocycles. The number of para-hydroxylation sites is 1. The van der Waals surface area contributed by atoms with Crippen molar-refractivity contribution in [3.63, 3.8) is 0 Å². The van der Waals surface area contributed by atoms with E-state index in [4.69, 9.17) is 5.73 Å². The van der Waals surface area contributed by atoms with Crippen LogP contribution in [0.3, 0.4) is 0 Å². The van der Waals surface area contributed by atoms with Crippen LogP contribution in [0.4, 0.5) is 0 Å². The third-order valence-corrected chi connectivity index (χ3v) is 3.66. The van der Waals surface area contributed by atoms with Gasteiger partial charge in [-0.1, -0.05) is 44.4 Å². The molecule has 1 unspecified atom stereocenters.